The molecule has 0 aliphatic carbocycles. The third kappa shape index (κ3) is 3.76. The van der Waals surface area contributed by atoms with Gasteiger partial charge in [0.2, 0.25) is 0 Å². The molecule has 1 saturated heterocycles. The highest BCUT2D eigenvalue weighted by atomic mass is 35.5. The summed E-state index contributed by atoms with van der Waals surface area (Å²) in [6, 6.07) is 17.7. The van der Waals surface area contributed by atoms with Gasteiger partial charge in [0.1, 0.15) is 0 Å². The maximum Gasteiger partial charge on any atom is 0.167 e. The lowest BCUT2D eigenvalue weighted by Crippen LogP contribution is -2.38. The van der Waals surface area contributed by atoms with E-state index in [4.69, 9.17) is 11.6 Å². The van der Waals surface area contributed by atoms with Crippen molar-refractivity contribution in [2.45, 2.75) is 19.4 Å². The first kappa shape index (κ1) is 15.3. The molecule has 1 fully saturated rings. The summed E-state index contributed by atoms with van der Waals surface area (Å²) in [5.41, 5.74) is 2.08. The molecule has 0 aromatic heterocycles. The lowest BCUT2D eigenvalue weighted by atomic mass is 9.90. The third-order valence-corrected chi connectivity index (χ3v) is 4.51. The van der Waals surface area contributed by atoms with E-state index in [2.05, 4.69) is 29.2 Å². The van der Waals surface area contributed by atoms with Crippen LogP contribution in [0.4, 0.5) is 0 Å². The van der Waals surface area contributed by atoms with Crippen molar-refractivity contribution in [2.24, 2.45) is 5.92 Å². The van der Waals surface area contributed by atoms with Crippen LogP contribution < -0.4 is 0 Å². The van der Waals surface area contributed by atoms with Crippen LogP contribution >= 0.6 is 11.6 Å². The van der Waals surface area contributed by atoms with Gasteiger partial charge in [0, 0.05) is 29.6 Å². The second-order valence-corrected chi connectivity index (χ2v) is 6.37. The molecule has 0 N–H and O–H groups in total. The molecule has 3 rings (SSSR count). The molecule has 2 nitrogen and oxygen atoms in total. The summed E-state index contributed by atoms with van der Waals surface area (Å²) in [4.78, 5) is 15.0. The van der Waals surface area contributed by atoms with E-state index in [0.29, 0.717) is 5.02 Å². The van der Waals surface area contributed by atoms with E-state index in [9.17, 15) is 4.79 Å². The Balaban J connectivity index is 1.65. The molecule has 22 heavy (non-hydrogen) atoms. The quantitative estimate of drug-likeness (QED) is 0.778. The minimum Gasteiger partial charge on any atom is -0.298 e. The van der Waals surface area contributed by atoms with E-state index in [1.165, 1.54) is 5.56 Å². The zero-order chi connectivity index (χ0) is 15.4. The second-order valence-electron chi connectivity index (χ2n) is 5.93. The van der Waals surface area contributed by atoms with Crippen molar-refractivity contribution in [3.63, 3.8) is 0 Å². The standard InChI is InChI=1S/C19H20ClNO/c20-18-10-8-16(9-11-18)19(22)17-7-4-12-21(14-17)13-15-5-2-1-3-6-15/h1-3,5-6,8-11,17H,4,7,12-14H2/t17-/m0/s1. The van der Waals surface area contributed by atoms with Crippen LogP contribution in [-0.4, -0.2) is 23.8 Å². The Morgan fingerprint density at radius 2 is 1.82 bits per heavy atom. The van der Waals surface area contributed by atoms with Crippen molar-refractivity contribution in [2.75, 3.05) is 13.1 Å². The normalized spacial score (nSPS) is 19.0. The fraction of sp³-hybridized carbons (Fsp3) is 0.316. The maximum absolute atomic E-state index is 12.6. The van der Waals surface area contributed by atoms with Gasteiger partial charge in [-0.1, -0.05) is 41.9 Å². The molecule has 0 unspecified atom stereocenters. The highest BCUT2D eigenvalue weighted by molar-refractivity contribution is 6.30. The molecular formula is C19H20ClNO. The van der Waals surface area contributed by atoms with Gasteiger partial charge in [-0.25, -0.2) is 0 Å². The van der Waals surface area contributed by atoms with Crippen LogP contribution in [0.1, 0.15) is 28.8 Å². The Labute approximate surface area is 136 Å². The minimum atomic E-state index is 0.0960. The van der Waals surface area contributed by atoms with Gasteiger partial charge in [-0.3, -0.25) is 9.69 Å². The van der Waals surface area contributed by atoms with Gasteiger partial charge in [-0.2, -0.15) is 0 Å². The number of nitrogens with zero attached hydrogens (tertiary/aromatic N) is 1. The number of hydrogen-bond donors (Lipinski definition) is 0. The molecule has 1 aliphatic rings. The van der Waals surface area contributed by atoms with Gasteiger partial charge in [0.25, 0.3) is 0 Å². The number of benzene rings is 2. The molecule has 114 valence electrons. The molecular weight excluding hydrogens is 294 g/mol. The van der Waals surface area contributed by atoms with Crippen LogP contribution in [0, 0.1) is 5.92 Å². The van der Waals surface area contributed by atoms with Crippen LogP contribution in [0.5, 0.6) is 0 Å². The van der Waals surface area contributed by atoms with E-state index in [0.717, 1.165) is 38.0 Å². The van der Waals surface area contributed by atoms with Crippen molar-refractivity contribution in [3.05, 3.63) is 70.7 Å². The summed E-state index contributed by atoms with van der Waals surface area (Å²) in [7, 11) is 0. The van der Waals surface area contributed by atoms with Crippen LogP contribution in [0.2, 0.25) is 5.02 Å². The fourth-order valence-electron chi connectivity index (χ4n) is 3.10. The van der Waals surface area contributed by atoms with E-state index in [-0.39, 0.29) is 11.7 Å². The molecule has 1 atom stereocenters. The summed E-state index contributed by atoms with van der Waals surface area (Å²) in [6.07, 6.45) is 2.06. The molecule has 2 aromatic carbocycles. The van der Waals surface area contributed by atoms with Crippen molar-refractivity contribution in [1.29, 1.82) is 0 Å². The molecule has 0 amide bonds. The molecule has 1 aliphatic heterocycles. The average Bonchev–Trinajstić information content (AvgIpc) is 2.56. The number of likely N-dealkylation sites (tertiary alicyclic amines) is 1. The molecule has 0 bridgehead atoms. The molecule has 1 heterocycles. The Bertz CT molecular complexity index is 624. The number of carbonyl (C=O) groups is 1. The van der Waals surface area contributed by atoms with E-state index in [1.807, 2.05) is 18.2 Å². The fourth-order valence-corrected chi connectivity index (χ4v) is 3.23. The summed E-state index contributed by atoms with van der Waals surface area (Å²) in [6.45, 7) is 2.83. The topological polar surface area (TPSA) is 20.3 Å². The lowest BCUT2D eigenvalue weighted by molar-refractivity contribution is 0.0811. The predicted molar refractivity (Wildman–Crippen MR) is 90.2 cm³/mol. The molecule has 2 aromatic rings. The highest BCUT2D eigenvalue weighted by Gasteiger charge is 2.26. The van der Waals surface area contributed by atoms with Gasteiger partial charge in [0.15, 0.2) is 5.78 Å². The zero-order valence-corrected chi connectivity index (χ0v) is 13.3. The number of halogens is 1. The van der Waals surface area contributed by atoms with Crippen molar-refractivity contribution < 1.29 is 4.79 Å². The SMILES string of the molecule is O=C(c1ccc(Cl)cc1)[C@H]1CCCN(Cc2ccccc2)C1. The lowest BCUT2D eigenvalue weighted by Gasteiger charge is -2.32. The smallest absolute Gasteiger partial charge is 0.167 e. The number of Topliss-reactive ketones (excluding diaryl/α,β-unsaturated/α-hetero) is 1. The number of rotatable bonds is 4. The second kappa shape index (κ2) is 7.08. The number of ketones is 1. The van der Waals surface area contributed by atoms with Gasteiger partial charge < -0.3 is 0 Å². The molecule has 3 heteroatoms. The summed E-state index contributed by atoms with van der Waals surface area (Å²) in [5, 5.41) is 0.672. The Hall–Kier alpha value is -1.64. The van der Waals surface area contributed by atoms with Crippen LogP contribution in [0.15, 0.2) is 54.6 Å². The van der Waals surface area contributed by atoms with Gasteiger partial charge in [-0.05, 0) is 49.2 Å². The van der Waals surface area contributed by atoms with E-state index in [1.54, 1.807) is 12.1 Å². The maximum atomic E-state index is 12.6. The molecule has 0 spiro atoms. The van der Waals surface area contributed by atoms with Crippen molar-refractivity contribution >= 4 is 17.4 Å². The largest absolute Gasteiger partial charge is 0.298 e. The first-order chi connectivity index (χ1) is 10.7. The monoisotopic (exact) mass is 313 g/mol. The Morgan fingerprint density at radius 1 is 1.09 bits per heavy atom. The Kier molecular flexibility index (Phi) is 4.91. The predicted octanol–water partition coefficient (Wildman–Crippen LogP) is 4.43. The van der Waals surface area contributed by atoms with Crippen molar-refractivity contribution in [1.82, 2.24) is 4.90 Å². The van der Waals surface area contributed by atoms with Gasteiger partial charge in [-0.15, -0.1) is 0 Å². The first-order valence-corrected chi connectivity index (χ1v) is 8.16. The highest BCUT2D eigenvalue weighted by Crippen LogP contribution is 2.23. The van der Waals surface area contributed by atoms with E-state index >= 15 is 0 Å². The molecule has 0 saturated carbocycles. The first-order valence-electron chi connectivity index (χ1n) is 7.78. The van der Waals surface area contributed by atoms with Gasteiger partial charge in [0.05, 0.1) is 0 Å². The molecule has 0 radical (unpaired) electrons. The zero-order valence-electron chi connectivity index (χ0n) is 12.5. The van der Waals surface area contributed by atoms with Crippen LogP contribution in [0.3, 0.4) is 0 Å². The van der Waals surface area contributed by atoms with Crippen LogP contribution in [0.25, 0.3) is 0 Å². The Morgan fingerprint density at radius 3 is 2.55 bits per heavy atom. The van der Waals surface area contributed by atoms with Crippen molar-refractivity contribution in [3.8, 4) is 0 Å². The summed E-state index contributed by atoms with van der Waals surface area (Å²) in [5.74, 6) is 0.341. The third-order valence-electron chi connectivity index (χ3n) is 4.25. The number of carbonyl (C=O) groups excluding carboxylic acids is 1. The number of piperidine rings is 1. The number of hydrogen-bond acceptors (Lipinski definition) is 2. The van der Waals surface area contributed by atoms with Gasteiger partial charge >= 0.3 is 0 Å². The van der Waals surface area contributed by atoms with Crippen LogP contribution in [-0.2, 0) is 6.54 Å². The minimum absolute atomic E-state index is 0.0960. The average molecular weight is 314 g/mol. The summed E-state index contributed by atoms with van der Waals surface area (Å²) < 4.78 is 0. The van der Waals surface area contributed by atoms with E-state index < -0.39 is 0 Å². The summed E-state index contributed by atoms with van der Waals surface area (Å²) >= 11 is 5.90.